The SMILES string of the molecule is COCCCC(N)C(=O)Nc1ccc(OC(F)F)c(Cl)c1. The zero-order chi connectivity index (χ0) is 15.8. The molecule has 0 aromatic heterocycles. The first-order valence-electron chi connectivity index (χ1n) is 6.23. The lowest BCUT2D eigenvalue weighted by Gasteiger charge is -2.13. The van der Waals surface area contributed by atoms with E-state index in [1.807, 2.05) is 0 Å². The normalized spacial score (nSPS) is 12.3. The Morgan fingerprint density at radius 3 is 2.76 bits per heavy atom. The predicted octanol–water partition coefficient (Wildman–Crippen LogP) is 2.63. The van der Waals surface area contributed by atoms with Crippen molar-refractivity contribution < 1.29 is 23.0 Å². The molecule has 8 heteroatoms. The van der Waals surface area contributed by atoms with Crippen molar-refractivity contribution in [3.63, 3.8) is 0 Å². The molecule has 5 nitrogen and oxygen atoms in total. The summed E-state index contributed by atoms with van der Waals surface area (Å²) >= 11 is 5.78. The summed E-state index contributed by atoms with van der Waals surface area (Å²) < 4.78 is 33.2. The predicted molar refractivity (Wildman–Crippen MR) is 75.8 cm³/mol. The van der Waals surface area contributed by atoms with Crippen LogP contribution in [0.25, 0.3) is 0 Å². The van der Waals surface area contributed by atoms with E-state index in [0.29, 0.717) is 25.1 Å². The second-order valence-electron chi connectivity index (χ2n) is 4.25. The second-order valence-corrected chi connectivity index (χ2v) is 4.66. The Hall–Kier alpha value is -1.44. The number of carbonyl (C=O) groups is 1. The van der Waals surface area contributed by atoms with Gasteiger partial charge in [0, 0.05) is 19.4 Å². The quantitative estimate of drug-likeness (QED) is 0.722. The van der Waals surface area contributed by atoms with E-state index < -0.39 is 12.7 Å². The van der Waals surface area contributed by atoms with Gasteiger partial charge in [0.2, 0.25) is 5.91 Å². The monoisotopic (exact) mass is 322 g/mol. The fraction of sp³-hybridized carbons (Fsp3) is 0.462. The van der Waals surface area contributed by atoms with E-state index in [-0.39, 0.29) is 16.7 Å². The molecule has 0 heterocycles. The van der Waals surface area contributed by atoms with Crippen LogP contribution < -0.4 is 15.8 Å². The summed E-state index contributed by atoms with van der Waals surface area (Å²) in [4.78, 5) is 11.8. The van der Waals surface area contributed by atoms with E-state index in [2.05, 4.69) is 10.1 Å². The highest BCUT2D eigenvalue weighted by Crippen LogP contribution is 2.28. The number of methoxy groups -OCH3 is 1. The van der Waals surface area contributed by atoms with Crippen LogP contribution in [0.2, 0.25) is 5.02 Å². The van der Waals surface area contributed by atoms with E-state index in [1.165, 1.54) is 18.2 Å². The number of rotatable bonds is 8. The molecule has 118 valence electrons. The molecule has 3 N–H and O–H groups in total. The molecule has 0 aliphatic carbocycles. The van der Waals surface area contributed by atoms with Crippen molar-refractivity contribution >= 4 is 23.2 Å². The largest absolute Gasteiger partial charge is 0.433 e. The van der Waals surface area contributed by atoms with Gasteiger partial charge in [-0.15, -0.1) is 0 Å². The molecule has 1 aromatic rings. The van der Waals surface area contributed by atoms with Crippen LogP contribution >= 0.6 is 11.6 Å². The number of anilines is 1. The summed E-state index contributed by atoms with van der Waals surface area (Å²) in [5.41, 5.74) is 6.07. The molecule has 0 saturated carbocycles. The second kappa shape index (κ2) is 8.76. The highest BCUT2D eigenvalue weighted by atomic mass is 35.5. The van der Waals surface area contributed by atoms with Crippen LogP contribution in [0.3, 0.4) is 0 Å². The first-order chi connectivity index (χ1) is 9.93. The summed E-state index contributed by atoms with van der Waals surface area (Å²) in [5.74, 6) is -0.543. The summed E-state index contributed by atoms with van der Waals surface area (Å²) in [6, 6.07) is 3.29. The van der Waals surface area contributed by atoms with Gasteiger partial charge >= 0.3 is 6.61 Å². The number of amides is 1. The molecule has 0 saturated heterocycles. The third-order valence-corrected chi connectivity index (χ3v) is 2.91. The summed E-state index contributed by atoms with van der Waals surface area (Å²) in [6.07, 6.45) is 1.13. The molecule has 1 atom stereocenters. The topological polar surface area (TPSA) is 73.6 Å². The Morgan fingerprint density at radius 2 is 2.19 bits per heavy atom. The van der Waals surface area contributed by atoms with E-state index in [9.17, 15) is 13.6 Å². The van der Waals surface area contributed by atoms with Crippen LogP contribution in [0, 0.1) is 0 Å². The number of ether oxygens (including phenoxy) is 2. The lowest BCUT2D eigenvalue weighted by Crippen LogP contribution is -2.35. The Kier molecular flexibility index (Phi) is 7.35. The number of nitrogens with one attached hydrogen (secondary N) is 1. The molecule has 0 fully saturated rings. The van der Waals surface area contributed by atoms with Gasteiger partial charge in [-0.3, -0.25) is 4.79 Å². The minimum atomic E-state index is -2.96. The van der Waals surface area contributed by atoms with Crippen molar-refractivity contribution in [1.82, 2.24) is 0 Å². The first kappa shape index (κ1) is 17.6. The molecule has 1 amide bonds. The molecule has 0 spiro atoms. The highest BCUT2D eigenvalue weighted by Gasteiger charge is 2.14. The van der Waals surface area contributed by atoms with Gasteiger partial charge in [-0.05, 0) is 31.0 Å². The third kappa shape index (κ3) is 6.24. The number of hydrogen-bond acceptors (Lipinski definition) is 4. The smallest absolute Gasteiger partial charge is 0.387 e. The van der Waals surface area contributed by atoms with E-state index in [0.717, 1.165) is 0 Å². The lowest BCUT2D eigenvalue weighted by atomic mass is 10.1. The molecule has 0 aliphatic rings. The van der Waals surface area contributed by atoms with Crippen LogP contribution in [-0.4, -0.2) is 32.3 Å². The molecule has 0 bridgehead atoms. The minimum absolute atomic E-state index is 0.0268. The number of halogens is 3. The van der Waals surface area contributed by atoms with Gasteiger partial charge in [-0.25, -0.2) is 0 Å². The Balaban J connectivity index is 2.58. The maximum Gasteiger partial charge on any atom is 0.387 e. The summed E-state index contributed by atoms with van der Waals surface area (Å²) in [5, 5.41) is 2.53. The van der Waals surface area contributed by atoms with Gasteiger partial charge in [-0.2, -0.15) is 8.78 Å². The van der Waals surface area contributed by atoms with Crippen molar-refractivity contribution in [2.75, 3.05) is 19.0 Å². The Bertz CT molecular complexity index is 475. The van der Waals surface area contributed by atoms with Crippen LogP contribution in [0.1, 0.15) is 12.8 Å². The molecule has 1 rings (SSSR count). The van der Waals surface area contributed by atoms with E-state index in [4.69, 9.17) is 22.1 Å². The lowest BCUT2D eigenvalue weighted by molar-refractivity contribution is -0.117. The standard InChI is InChI=1S/C13H17ClF2N2O3/c1-20-6-2-3-10(17)12(19)18-8-4-5-11(9(14)7-8)21-13(15)16/h4-5,7,10,13H,2-3,6,17H2,1H3,(H,18,19). The van der Waals surface area contributed by atoms with Gasteiger partial charge in [0.15, 0.2) is 0 Å². The van der Waals surface area contributed by atoms with Gasteiger partial charge in [0.25, 0.3) is 0 Å². The van der Waals surface area contributed by atoms with Crippen LogP contribution in [0.5, 0.6) is 5.75 Å². The Labute approximate surface area is 126 Å². The van der Waals surface area contributed by atoms with Gasteiger partial charge < -0.3 is 20.5 Å². The van der Waals surface area contributed by atoms with Gasteiger partial charge in [0.1, 0.15) is 5.75 Å². The van der Waals surface area contributed by atoms with Gasteiger partial charge in [0.05, 0.1) is 11.1 Å². The fourth-order valence-corrected chi connectivity index (χ4v) is 1.81. The maximum absolute atomic E-state index is 12.1. The molecule has 0 aliphatic heterocycles. The molecule has 21 heavy (non-hydrogen) atoms. The average molecular weight is 323 g/mol. The minimum Gasteiger partial charge on any atom is -0.433 e. The number of carbonyl (C=O) groups excluding carboxylic acids is 1. The summed E-state index contributed by atoms with van der Waals surface area (Å²) in [7, 11) is 1.57. The van der Waals surface area contributed by atoms with Crippen molar-refractivity contribution in [3.8, 4) is 5.75 Å². The average Bonchev–Trinajstić information content (AvgIpc) is 2.41. The fourth-order valence-electron chi connectivity index (χ4n) is 1.58. The number of benzene rings is 1. The summed E-state index contributed by atoms with van der Waals surface area (Å²) in [6.45, 7) is -2.44. The van der Waals surface area contributed by atoms with Crippen molar-refractivity contribution in [1.29, 1.82) is 0 Å². The highest BCUT2D eigenvalue weighted by molar-refractivity contribution is 6.32. The molecular weight excluding hydrogens is 306 g/mol. The van der Waals surface area contributed by atoms with E-state index >= 15 is 0 Å². The third-order valence-electron chi connectivity index (χ3n) is 2.62. The van der Waals surface area contributed by atoms with Gasteiger partial charge in [-0.1, -0.05) is 11.6 Å². The molecule has 1 unspecified atom stereocenters. The maximum atomic E-state index is 12.1. The van der Waals surface area contributed by atoms with Crippen LogP contribution in [0.4, 0.5) is 14.5 Å². The van der Waals surface area contributed by atoms with Crippen molar-refractivity contribution in [2.24, 2.45) is 5.73 Å². The van der Waals surface area contributed by atoms with Crippen molar-refractivity contribution in [3.05, 3.63) is 23.2 Å². The number of nitrogens with two attached hydrogens (primary N) is 1. The molecular formula is C13H17ClF2N2O3. The van der Waals surface area contributed by atoms with Crippen molar-refractivity contribution in [2.45, 2.75) is 25.5 Å². The van der Waals surface area contributed by atoms with Crippen LogP contribution in [-0.2, 0) is 9.53 Å². The first-order valence-corrected chi connectivity index (χ1v) is 6.61. The van der Waals surface area contributed by atoms with Crippen LogP contribution in [0.15, 0.2) is 18.2 Å². The van der Waals surface area contributed by atoms with E-state index in [1.54, 1.807) is 7.11 Å². The number of hydrogen-bond donors (Lipinski definition) is 2. The zero-order valence-corrected chi connectivity index (χ0v) is 12.2. The molecule has 0 radical (unpaired) electrons. The Morgan fingerprint density at radius 1 is 1.48 bits per heavy atom. The number of alkyl halides is 2. The molecule has 1 aromatic carbocycles. The zero-order valence-electron chi connectivity index (χ0n) is 11.4.